The number of aromatic hydroxyl groups is 1. The fourth-order valence-electron chi connectivity index (χ4n) is 7.24. The van der Waals surface area contributed by atoms with E-state index in [0.29, 0.717) is 24.1 Å². The Balaban J connectivity index is 0.000000203. The molecule has 2 aromatic carbocycles. The largest absolute Gasteiger partial charge is 0.508 e. The van der Waals surface area contributed by atoms with Gasteiger partial charge in [0, 0.05) is 25.5 Å². The van der Waals surface area contributed by atoms with Crippen molar-refractivity contribution in [3.8, 4) is 5.75 Å². The van der Waals surface area contributed by atoms with Crippen molar-refractivity contribution in [3.05, 3.63) is 96.4 Å². The molecule has 4 unspecified atom stereocenters. The second-order valence-corrected chi connectivity index (χ2v) is 12.7. The second-order valence-electron chi connectivity index (χ2n) is 12.7. The van der Waals surface area contributed by atoms with Gasteiger partial charge in [-0.1, -0.05) is 70.2 Å². The fourth-order valence-corrected chi connectivity index (χ4v) is 7.24. The highest BCUT2D eigenvalue weighted by atomic mass is 16.5. The normalized spacial score (nSPS) is 23.5. The first kappa shape index (κ1) is 35.0. The molecular formula is C34H51N8O3+3. The third kappa shape index (κ3) is 7.79. The predicted molar refractivity (Wildman–Crippen MR) is 175 cm³/mol. The van der Waals surface area contributed by atoms with Crippen LogP contribution >= 0.6 is 0 Å². The van der Waals surface area contributed by atoms with E-state index in [1.54, 1.807) is 12.1 Å². The Morgan fingerprint density at radius 2 is 1.64 bits per heavy atom. The van der Waals surface area contributed by atoms with Crippen molar-refractivity contribution in [2.24, 2.45) is 28.4 Å². The van der Waals surface area contributed by atoms with Crippen LogP contribution in [0.5, 0.6) is 5.75 Å². The molecule has 6 rings (SSSR count). The average molecular weight is 620 g/mol. The Morgan fingerprint density at radius 1 is 1.02 bits per heavy atom. The zero-order valence-electron chi connectivity index (χ0n) is 27.0. The van der Waals surface area contributed by atoms with E-state index in [1.807, 2.05) is 48.5 Å². The smallest absolute Gasteiger partial charge is 0.473 e. The molecule has 45 heavy (non-hydrogen) atoms. The number of phenols is 1. The lowest BCUT2D eigenvalue weighted by atomic mass is 9.70. The van der Waals surface area contributed by atoms with Crippen molar-refractivity contribution >= 4 is 17.6 Å². The SMILES string of the molecule is CC1C2CCC(C)(C1OC(=O)/C=C/c1ccccc1)C2(C)C.N.NCCC1=CCc2ccc(O)cc21.N[n+]1c[n+](N)c[n+](N)c1. The van der Waals surface area contributed by atoms with Crippen molar-refractivity contribution in [2.75, 3.05) is 24.1 Å². The first-order chi connectivity index (χ1) is 20.9. The number of ether oxygens (including phenoxy) is 1. The molecule has 0 radical (unpaired) electrons. The number of carbonyl (C=O) groups is 1. The van der Waals surface area contributed by atoms with Gasteiger partial charge in [-0.25, -0.2) is 4.79 Å². The van der Waals surface area contributed by atoms with Crippen molar-refractivity contribution in [1.82, 2.24) is 6.15 Å². The van der Waals surface area contributed by atoms with Gasteiger partial charge in [0.25, 0.3) is 0 Å². The minimum absolute atomic E-state index is 0. The Kier molecular flexibility index (Phi) is 11.3. The average Bonchev–Trinajstić information content (AvgIpc) is 3.51. The molecule has 242 valence electrons. The Morgan fingerprint density at radius 3 is 2.20 bits per heavy atom. The number of hydrogen-bond donors (Lipinski definition) is 6. The highest BCUT2D eigenvalue weighted by molar-refractivity contribution is 5.87. The highest BCUT2D eigenvalue weighted by Crippen LogP contribution is 2.68. The lowest BCUT2D eigenvalue weighted by molar-refractivity contribution is -0.896. The number of nitrogen functional groups attached to an aromatic ring is 3. The number of hydrogen-bond acceptors (Lipinski definition) is 8. The van der Waals surface area contributed by atoms with Gasteiger partial charge in [0.05, 0.1) is 0 Å². The molecule has 4 atom stereocenters. The molecule has 0 aliphatic heterocycles. The summed E-state index contributed by atoms with van der Waals surface area (Å²) in [6, 6.07) is 15.4. The maximum atomic E-state index is 12.2. The van der Waals surface area contributed by atoms with Gasteiger partial charge >= 0.3 is 25.0 Å². The minimum atomic E-state index is -0.217. The van der Waals surface area contributed by atoms with Crippen molar-refractivity contribution < 1.29 is 28.7 Å². The minimum Gasteiger partial charge on any atom is -0.508 e. The number of esters is 1. The first-order valence-electron chi connectivity index (χ1n) is 15.1. The van der Waals surface area contributed by atoms with Crippen LogP contribution in [0.4, 0.5) is 0 Å². The molecule has 2 saturated carbocycles. The summed E-state index contributed by atoms with van der Waals surface area (Å²) in [7, 11) is 0. The van der Waals surface area contributed by atoms with Crippen LogP contribution in [0.15, 0.2) is 79.7 Å². The van der Waals surface area contributed by atoms with Gasteiger partial charge in [-0.3, -0.25) is 0 Å². The maximum Gasteiger partial charge on any atom is 0.473 e. The maximum absolute atomic E-state index is 12.2. The van der Waals surface area contributed by atoms with E-state index < -0.39 is 0 Å². The number of rotatable bonds is 5. The number of nitrogens with zero attached hydrogens (tertiary/aromatic N) is 3. The lowest BCUT2D eigenvalue weighted by Crippen LogP contribution is -2.67. The first-order valence-corrected chi connectivity index (χ1v) is 15.1. The van der Waals surface area contributed by atoms with Gasteiger partial charge in [0.2, 0.25) is 0 Å². The molecule has 3 aliphatic carbocycles. The topological polar surface area (TPSA) is 197 Å². The van der Waals surface area contributed by atoms with Crippen molar-refractivity contribution in [2.45, 2.75) is 59.5 Å². The monoisotopic (exact) mass is 619 g/mol. The zero-order valence-corrected chi connectivity index (χ0v) is 27.0. The third-order valence-corrected chi connectivity index (χ3v) is 9.79. The second kappa shape index (κ2) is 14.5. The lowest BCUT2D eigenvalue weighted by Gasteiger charge is -2.39. The molecule has 2 bridgehead atoms. The summed E-state index contributed by atoms with van der Waals surface area (Å²) in [5.41, 5.74) is 10.6. The fraction of sp³-hybridized carbons (Fsp3) is 0.412. The van der Waals surface area contributed by atoms with Gasteiger partial charge in [0.15, 0.2) is 0 Å². The highest BCUT2D eigenvalue weighted by Gasteiger charge is 2.66. The number of phenolic OH excluding ortho intramolecular Hbond substituents is 1. The summed E-state index contributed by atoms with van der Waals surface area (Å²) in [5, 5.41) is 9.32. The van der Waals surface area contributed by atoms with Crippen molar-refractivity contribution in [1.29, 1.82) is 0 Å². The predicted octanol–water partition coefficient (Wildman–Crippen LogP) is 2.24. The number of allylic oxidation sites excluding steroid dienone is 1. The molecule has 1 aromatic heterocycles. The number of aromatic nitrogens is 3. The molecule has 0 amide bonds. The molecule has 11 nitrogen and oxygen atoms in total. The summed E-state index contributed by atoms with van der Waals surface area (Å²) in [4.78, 5) is 12.2. The van der Waals surface area contributed by atoms with Gasteiger partial charge in [0.1, 0.15) is 11.9 Å². The summed E-state index contributed by atoms with van der Waals surface area (Å²) in [5.74, 6) is 17.1. The summed E-state index contributed by atoms with van der Waals surface area (Å²) < 4.78 is 9.64. The van der Waals surface area contributed by atoms with E-state index in [9.17, 15) is 9.90 Å². The Labute approximate surface area is 266 Å². The Hall–Kier alpha value is -4.48. The van der Waals surface area contributed by atoms with Crippen LogP contribution in [0.1, 0.15) is 63.6 Å². The molecule has 0 saturated heterocycles. The molecule has 0 spiro atoms. The molecular weight excluding hydrogens is 568 g/mol. The van der Waals surface area contributed by atoms with Gasteiger partial charge in [-0.15, -0.1) is 0 Å². The van der Waals surface area contributed by atoms with Crippen molar-refractivity contribution in [3.63, 3.8) is 0 Å². The van der Waals surface area contributed by atoms with Crippen LogP contribution in [0.25, 0.3) is 11.6 Å². The number of fused-ring (bicyclic) bond motifs is 3. The van der Waals surface area contributed by atoms with E-state index >= 15 is 0 Å². The molecule has 11 heteroatoms. The van der Waals surface area contributed by atoms with Gasteiger partial charge in [-0.05, 0) is 90.0 Å². The van der Waals surface area contributed by atoms with Crippen LogP contribution < -0.4 is 43.4 Å². The van der Waals surface area contributed by atoms with E-state index in [2.05, 4.69) is 33.8 Å². The summed E-state index contributed by atoms with van der Waals surface area (Å²) in [6.45, 7) is 9.90. The third-order valence-electron chi connectivity index (χ3n) is 9.79. The molecule has 2 fully saturated rings. The molecule has 12 N–H and O–H groups in total. The number of nitrogens with two attached hydrogens (primary N) is 4. The van der Waals surface area contributed by atoms with E-state index in [-0.39, 0.29) is 29.1 Å². The standard InChI is InChI=1S/C20H26O2.C11H13NO.C3H9N6.H3N/c1-14-16-12-13-20(4,19(16,2)3)18(14)22-17(21)11-10-15-8-6-5-7-9-15;12-6-5-9-2-1-8-3-4-10(13)7-11(8)9;4-7-1-8(5)3-9(6)2-7;/h5-11,14,16,18H,12-13H2,1-4H3;2-4,7,13H,1,5-6,12H2;1-3H,4-6H2;1H3/q;;+3;/b11-10+;;;. The van der Waals surface area contributed by atoms with Crippen LogP contribution in [-0.4, -0.2) is 23.7 Å². The quantitative estimate of drug-likeness (QED) is 0.108. The summed E-state index contributed by atoms with van der Waals surface area (Å²) >= 11 is 0. The molecule has 1 heterocycles. The van der Waals surface area contributed by atoms with Crippen LogP contribution in [0.3, 0.4) is 0 Å². The van der Waals surface area contributed by atoms with Crippen LogP contribution in [-0.2, 0) is 16.0 Å². The molecule has 3 aliphatic rings. The summed E-state index contributed by atoms with van der Waals surface area (Å²) in [6.07, 6.45) is 14.3. The Bertz CT molecular complexity index is 1470. The van der Waals surface area contributed by atoms with Crippen LogP contribution in [0.2, 0.25) is 0 Å². The number of benzene rings is 2. The zero-order chi connectivity index (χ0) is 32.1. The van der Waals surface area contributed by atoms with E-state index in [4.69, 9.17) is 28.0 Å². The van der Waals surface area contributed by atoms with Gasteiger partial charge < -0.3 is 21.7 Å². The molecule has 3 aromatic rings. The van der Waals surface area contributed by atoms with Crippen LogP contribution in [0, 0.1) is 22.7 Å². The van der Waals surface area contributed by atoms with E-state index in [1.165, 1.54) is 56.1 Å². The van der Waals surface area contributed by atoms with E-state index in [0.717, 1.165) is 24.8 Å². The van der Waals surface area contributed by atoms with Gasteiger partial charge in [-0.2, -0.15) is 17.5 Å². The number of carbonyl (C=O) groups excluding carboxylic acids is 1.